The van der Waals surface area contributed by atoms with Gasteiger partial charge in [-0.25, -0.2) is 0 Å². The Labute approximate surface area is 88.0 Å². The van der Waals surface area contributed by atoms with Gasteiger partial charge in [0.05, 0.1) is 6.04 Å². The second-order valence-electron chi connectivity index (χ2n) is 4.78. The van der Waals surface area contributed by atoms with Crippen molar-refractivity contribution in [1.82, 2.24) is 0 Å². The van der Waals surface area contributed by atoms with Gasteiger partial charge in [0.1, 0.15) is 5.78 Å². The molecule has 0 radical (unpaired) electrons. The van der Waals surface area contributed by atoms with E-state index >= 15 is 0 Å². The lowest BCUT2D eigenvalue weighted by molar-refractivity contribution is -0.137. The molecule has 5 heteroatoms. The Balaban J connectivity index is 3.96. The van der Waals surface area contributed by atoms with Crippen LogP contribution in [0.3, 0.4) is 0 Å². The largest absolute Gasteiger partial charge is 0.389 e. The van der Waals surface area contributed by atoms with Gasteiger partial charge in [-0.05, 0) is 11.8 Å². The van der Waals surface area contributed by atoms with E-state index in [0.717, 1.165) is 0 Å². The molecule has 2 nitrogen and oxygen atoms in total. The molecule has 0 amide bonds. The van der Waals surface area contributed by atoms with Crippen LogP contribution in [0.15, 0.2) is 0 Å². The molecule has 0 heterocycles. The number of Topliss-reactive ketones (excluding diaryl/α,β-unsaturated/α-hetero) is 1. The van der Waals surface area contributed by atoms with Crippen LogP contribution in [0.25, 0.3) is 0 Å². The van der Waals surface area contributed by atoms with Gasteiger partial charge in [-0.15, -0.1) is 0 Å². The van der Waals surface area contributed by atoms with E-state index < -0.39 is 24.1 Å². The third kappa shape index (κ3) is 6.49. The average Bonchev–Trinajstić information content (AvgIpc) is 1.98. The Hall–Kier alpha value is -0.580. The maximum atomic E-state index is 11.8. The predicted octanol–water partition coefficient (Wildman–Crippen LogP) is 2.66. The van der Waals surface area contributed by atoms with E-state index in [1.54, 1.807) is 20.8 Å². The lowest BCUT2D eigenvalue weighted by Gasteiger charge is -2.25. The third-order valence-corrected chi connectivity index (χ3v) is 2.16. The monoisotopic (exact) mass is 225 g/mol. The molecule has 0 aliphatic heterocycles. The second-order valence-corrected chi connectivity index (χ2v) is 4.78. The maximum absolute atomic E-state index is 11.8. The lowest BCUT2D eigenvalue weighted by atomic mass is 9.83. The van der Waals surface area contributed by atoms with Crippen LogP contribution in [0.2, 0.25) is 0 Å². The van der Waals surface area contributed by atoms with Crippen molar-refractivity contribution < 1.29 is 18.0 Å². The van der Waals surface area contributed by atoms with Gasteiger partial charge in [0.2, 0.25) is 0 Å². The minimum atomic E-state index is -4.19. The van der Waals surface area contributed by atoms with Crippen LogP contribution >= 0.6 is 0 Å². The molecule has 0 rings (SSSR count). The molecule has 0 saturated heterocycles. The van der Waals surface area contributed by atoms with E-state index in [4.69, 9.17) is 5.73 Å². The topological polar surface area (TPSA) is 43.1 Å². The van der Waals surface area contributed by atoms with E-state index in [-0.39, 0.29) is 18.6 Å². The van der Waals surface area contributed by atoms with Crippen LogP contribution in [0.5, 0.6) is 0 Å². The summed E-state index contributed by atoms with van der Waals surface area (Å²) >= 11 is 0. The Morgan fingerprint density at radius 3 is 2.07 bits per heavy atom. The fourth-order valence-electron chi connectivity index (χ4n) is 1.10. The molecule has 0 aliphatic rings. The zero-order valence-electron chi connectivity index (χ0n) is 9.32. The van der Waals surface area contributed by atoms with Crippen molar-refractivity contribution in [1.29, 1.82) is 0 Å². The summed E-state index contributed by atoms with van der Waals surface area (Å²) in [5.74, 6) is -0.299. The molecule has 0 bridgehead atoms. The quantitative estimate of drug-likeness (QED) is 0.799. The summed E-state index contributed by atoms with van der Waals surface area (Å²) in [6, 6.07) is -0.689. The van der Waals surface area contributed by atoms with E-state index in [9.17, 15) is 18.0 Å². The fraction of sp³-hybridized carbons (Fsp3) is 0.900. The van der Waals surface area contributed by atoms with Gasteiger partial charge >= 0.3 is 6.18 Å². The minimum Gasteiger partial charge on any atom is -0.321 e. The van der Waals surface area contributed by atoms with Gasteiger partial charge in [-0.3, -0.25) is 4.79 Å². The summed E-state index contributed by atoms with van der Waals surface area (Å²) in [6.45, 7) is 5.37. The van der Waals surface area contributed by atoms with Crippen LogP contribution in [-0.2, 0) is 4.79 Å². The molecular formula is C10H18F3NO. The standard InChI is InChI=1S/C10H18F3NO/c1-9(2,3)8(14)7(15)5-4-6-10(11,12)13/h8H,4-6,14H2,1-3H3. The molecular weight excluding hydrogens is 207 g/mol. The van der Waals surface area contributed by atoms with Crippen molar-refractivity contribution in [3.8, 4) is 0 Å². The number of nitrogens with two attached hydrogens (primary N) is 1. The first-order valence-corrected chi connectivity index (χ1v) is 4.89. The SMILES string of the molecule is CC(C)(C)C(N)C(=O)CCCC(F)(F)F. The van der Waals surface area contributed by atoms with Gasteiger partial charge < -0.3 is 5.73 Å². The summed E-state index contributed by atoms with van der Waals surface area (Å²) in [6.07, 6.45) is -5.38. The minimum absolute atomic E-state index is 0.0993. The van der Waals surface area contributed by atoms with Gasteiger partial charge in [-0.2, -0.15) is 13.2 Å². The van der Waals surface area contributed by atoms with Crippen molar-refractivity contribution in [3.63, 3.8) is 0 Å². The smallest absolute Gasteiger partial charge is 0.321 e. The summed E-state index contributed by atoms with van der Waals surface area (Å²) in [5, 5.41) is 0. The first kappa shape index (κ1) is 14.4. The van der Waals surface area contributed by atoms with E-state index in [1.807, 2.05) is 0 Å². The zero-order chi connectivity index (χ0) is 12.3. The molecule has 0 fully saturated rings. The number of rotatable bonds is 4. The average molecular weight is 225 g/mol. The van der Waals surface area contributed by atoms with Gasteiger partial charge in [0.15, 0.2) is 0 Å². The van der Waals surface area contributed by atoms with Gasteiger partial charge in [0.25, 0.3) is 0 Å². The van der Waals surface area contributed by atoms with E-state index in [0.29, 0.717) is 0 Å². The van der Waals surface area contributed by atoms with Crippen LogP contribution in [-0.4, -0.2) is 18.0 Å². The summed E-state index contributed by atoms with van der Waals surface area (Å²) in [7, 11) is 0. The molecule has 0 aromatic rings. The van der Waals surface area contributed by atoms with Crippen molar-refractivity contribution in [2.75, 3.05) is 0 Å². The zero-order valence-corrected chi connectivity index (χ0v) is 9.32. The van der Waals surface area contributed by atoms with Crippen LogP contribution < -0.4 is 5.73 Å². The van der Waals surface area contributed by atoms with Crippen molar-refractivity contribution in [3.05, 3.63) is 0 Å². The number of alkyl halides is 3. The Morgan fingerprint density at radius 1 is 1.27 bits per heavy atom. The normalized spacial score (nSPS) is 15.1. The summed E-state index contributed by atoms with van der Waals surface area (Å²) < 4.78 is 35.4. The highest BCUT2D eigenvalue weighted by molar-refractivity contribution is 5.84. The molecule has 90 valence electrons. The Kier molecular flexibility index (Phi) is 4.77. The summed E-state index contributed by atoms with van der Waals surface area (Å²) in [5.41, 5.74) is 5.22. The molecule has 0 aliphatic carbocycles. The first-order chi connectivity index (χ1) is 6.54. The maximum Gasteiger partial charge on any atom is 0.389 e. The van der Waals surface area contributed by atoms with Crippen LogP contribution in [0.1, 0.15) is 40.0 Å². The predicted molar refractivity (Wildman–Crippen MR) is 52.3 cm³/mol. The number of carbonyl (C=O) groups excluding carboxylic acids is 1. The Bertz CT molecular complexity index is 218. The fourth-order valence-corrected chi connectivity index (χ4v) is 1.10. The van der Waals surface area contributed by atoms with Crippen molar-refractivity contribution in [2.45, 2.75) is 52.3 Å². The number of carbonyl (C=O) groups is 1. The van der Waals surface area contributed by atoms with Gasteiger partial charge in [0, 0.05) is 12.8 Å². The molecule has 0 saturated carbocycles. The molecule has 0 aromatic carbocycles. The third-order valence-electron chi connectivity index (χ3n) is 2.16. The molecule has 15 heavy (non-hydrogen) atoms. The number of hydrogen-bond acceptors (Lipinski definition) is 2. The van der Waals surface area contributed by atoms with Gasteiger partial charge in [-0.1, -0.05) is 20.8 Å². The number of ketones is 1. The second kappa shape index (κ2) is 4.96. The van der Waals surface area contributed by atoms with Crippen molar-refractivity contribution >= 4 is 5.78 Å². The van der Waals surface area contributed by atoms with Crippen LogP contribution in [0.4, 0.5) is 13.2 Å². The van der Waals surface area contributed by atoms with Crippen molar-refractivity contribution in [2.24, 2.45) is 11.1 Å². The lowest BCUT2D eigenvalue weighted by Crippen LogP contribution is -2.42. The molecule has 0 spiro atoms. The number of halogens is 3. The highest BCUT2D eigenvalue weighted by Crippen LogP contribution is 2.24. The van der Waals surface area contributed by atoms with E-state index in [1.165, 1.54) is 0 Å². The molecule has 1 unspecified atom stereocenters. The molecule has 0 aromatic heterocycles. The van der Waals surface area contributed by atoms with Crippen LogP contribution in [0, 0.1) is 5.41 Å². The molecule has 1 atom stereocenters. The highest BCUT2D eigenvalue weighted by Gasteiger charge is 2.30. The Morgan fingerprint density at radius 2 is 1.73 bits per heavy atom. The highest BCUT2D eigenvalue weighted by atomic mass is 19.4. The number of hydrogen-bond donors (Lipinski definition) is 1. The van der Waals surface area contributed by atoms with E-state index in [2.05, 4.69) is 0 Å². The molecule has 2 N–H and O–H groups in total. The summed E-state index contributed by atoms with van der Waals surface area (Å²) in [4.78, 5) is 11.4. The first-order valence-electron chi connectivity index (χ1n) is 4.89.